The van der Waals surface area contributed by atoms with E-state index in [1.165, 1.54) is 0 Å². The smallest absolute Gasteiger partial charge is 0.107 e. The molecule has 14 heavy (non-hydrogen) atoms. The Bertz CT molecular complexity index is 483. The lowest BCUT2D eigenvalue weighted by Crippen LogP contribution is -2.07. The fourth-order valence-corrected chi connectivity index (χ4v) is 1.85. The summed E-state index contributed by atoms with van der Waals surface area (Å²) >= 11 is 0. The molecule has 0 spiro atoms. The van der Waals surface area contributed by atoms with E-state index in [9.17, 15) is 5.11 Å². The SMILES string of the molecule is OC1(c2nccc3ccccc23)CC1. The van der Waals surface area contributed by atoms with Crippen LogP contribution in [0.3, 0.4) is 0 Å². The van der Waals surface area contributed by atoms with Crippen LogP contribution in [-0.2, 0) is 5.60 Å². The van der Waals surface area contributed by atoms with Gasteiger partial charge in [0.05, 0.1) is 5.69 Å². The maximum Gasteiger partial charge on any atom is 0.107 e. The van der Waals surface area contributed by atoms with Crippen molar-refractivity contribution in [3.63, 3.8) is 0 Å². The zero-order valence-corrected chi connectivity index (χ0v) is 7.77. The van der Waals surface area contributed by atoms with E-state index in [1.54, 1.807) is 6.20 Å². The fourth-order valence-electron chi connectivity index (χ4n) is 1.85. The molecule has 0 atom stereocenters. The van der Waals surface area contributed by atoms with Crippen LogP contribution in [0.15, 0.2) is 36.5 Å². The van der Waals surface area contributed by atoms with E-state index in [0.717, 1.165) is 29.3 Å². The number of hydrogen-bond donors (Lipinski definition) is 1. The minimum atomic E-state index is -0.638. The van der Waals surface area contributed by atoms with E-state index in [-0.39, 0.29) is 0 Å². The van der Waals surface area contributed by atoms with Crippen LogP contribution in [0, 0.1) is 0 Å². The van der Waals surface area contributed by atoms with E-state index >= 15 is 0 Å². The van der Waals surface area contributed by atoms with Crippen molar-refractivity contribution < 1.29 is 5.11 Å². The first-order valence-corrected chi connectivity index (χ1v) is 4.86. The van der Waals surface area contributed by atoms with E-state index in [1.807, 2.05) is 30.3 Å². The van der Waals surface area contributed by atoms with Gasteiger partial charge in [0.1, 0.15) is 5.60 Å². The minimum Gasteiger partial charge on any atom is -0.384 e. The topological polar surface area (TPSA) is 33.1 Å². The normalized spacial score (nSPS) is 18.4. The van der Waals surface area contributed by atoms with Gasteiger partial charge in [0, 0.05) is 11.6 Å². The standard InChI is InChI=1S/C12H11NO/c14-12(6-7-12)11-10-4-2-1-3-9(10)5-8-13-11/h1-5,8,14H,6-7H2. The van der Waals surface area contributed by atoms with Gasteiger partial charge >= 0.3 is 0 Å². The molecular weight excluding hydrogens is 174 g/mol. The molecule has 1 fully saturated rings. The highest BCUT2D eigenvalue weighted by Gasteiger charge is 2.44. The molecule has 1 N–H and O–H groups in total. The number of aliphatic hydroxyl groups is 1. The average molecular weight is 185 g/mol. The molecule has 70 valence electrons. The van der Waals surface area contributed by atoms with E-state index in [2.05, 4.69) is 4.98 Å². The first-order valence-electron chi connectivity index (χ1n) is 4.86. The van der Waals surface area contributed by atoms with Crippen molar-refractivity contribution in [1.82, 2.24) is 4.98 Å². The van der Waals surface area contributed by atoms with Gasteiger partial charge in [-0.05, 0) is 24.3 Å². The first kappa shape index (κ1) is 7.94. The molecule has 1 aliphatic carbocycles. The maximum absolute atomic E-state index is 10.0. The Hall–Kier alpha value is -1.41. The minimum absolute atomic E-state index is 0.638. The molecule has 2 heteroatoms. The molecule has 3 rings (SSSR count). The highest BCUT2D eigenvalue weighted by Crippen LogP contribution is 2.46. The van der Waals surface area contributed by atoms with Crippen molar-refractivity contribution in [2.45, 2.75) is 18.4 Å². The molecule has 0 saturated heterocycles. The lowest BCUT2D eigenvalue weighted by Gasteiger charge is -2.09. The van der Waals surface area contributed by atoms with Crippen molar-refractivity contribution in [2.24, 2.45) is 0 Å². The molecule has 2 nitrogen and oxygen atoms in total. The molecule has 0 bridgehead atoms. The lowest BCUT2D eigenvalue weighted by atomic mass is 10.1. The number of rotatable bonds is 1. The number of benzene rings is 1. The Morgan fingerprint density at radius 3 is 2.71 bits per heavy atom. The summed E-state index contributed by atoms with van der Waals surface area (Å²) < 4.78 is 0. The number of fused-ring (bicyclic) bond motifs is 1. The van der Waals surface area contributed by atoms with Crippen LogP contribution in [0.4, 0.5) is 0 Å². The summed E-state index contributed by atoms with van der Waals surface area (Å²) in [6.45, 7) is 0. The average Bonchev–Trinajstić information content (AvgIpc) is 2.97. The van der Waals surface area contributed by atoms with Crippen molar-refractivity contribution in [3.05, 3.63) is 42.2 Å². The van der Waals surface area contributed by atoms with Crippen LogP contribution in [-0.4, -0.2) is 10.1 Å². The highest BCUT2D eigenvalue weighted by molar-refractivity contribution is 5.85. The van der Waals surface area contributed by atoms with Gasteiger partial charge in [0.2, 0.25) is 0 Å². The Kier molecular flexibility index (Phi) is 1.45. The van der Waals surface area contributed by atoms with Gasteiger partial charge in [0.15, 0.2) is 0 Å². The van der Waals surface area contributed by atoms with Crippen LogP contribution in [0.25, 0.3) is 10.8 Å². The van der Waals surface area contributed by atoms with Crippen molar-refractivity contribution >= 4 is 10.8 Å². The van der Waals surface area contributed by atoms with Crippen LogP contribution in [0.2, 0.25) is 0 Å². The van der Waals surface area contributed by atoms with Crippen molar-refractivity contribution in [2.75, 3.05) is 0 Å². The molecule has 0 amide bonds. The zero-order chi connectivity index (χ0) is 9.60. The molecular formula is C12H11NO. The van der Waals surface area contributed by atoms with Crippen LogP contribution in [0.1, 0.15) is 18.5 Å². The number of nitrogens with zero attached hydrogens (tertiary/aromatic N) is 1. The Balaban J connectivity index is 2.33. The second kappa shape index (κ2) is 2.55. The summed E-state index contributed by atoms with van der Waals surface area (Å²) in [4.78, 5) is 4.29. The van der Waals surface area contributed by atoms with Crippen LogP contribution >= 0.6 is 0 Å². The summed E-state index contributed by atoms with van der Waals surface area (Å²) in [6, 6.07) is 10.0. The van der Waals surface area contributed by atoms with Gasteiger partial charge < -0.3 is 5.11 Å². The Morgan fingerprint density at radius 2 is 1.93 bits per heavy atom. The first-order chi connectivity index (χ1) is 6.80. The number of hydrogen-bond acceptors (Lipinski definition) is 2. The van der Waals surface area contributed by atoms with Gasteiger partial charge in [-0.25, -0.2) is 0 Å². The quantitative estimate of drug-likeness (QED) is 0.739. The predicted octanol–water partition coefficient (Wildman–Crippen LogP) is 2.22. The summed E-state index contributed by atoms with van der Waals surface area (Å²) in [7, 11) is 0. The summed E-state index contributed by atoms with van der Waals surface area (Å²) in [5, 5.41) is 12.3. The van der Waals surface area contributed by atoms with Gasteiger partial charge in [-0.15, -0.1) is 0 Å². The van der Waals surface area contributed by atoms with E-state index in [4.69, 9.17) is 0 Å². The highest BCUT2D eigenvalue weighted by atomic mass is 16.3. The van der Waals surface area contributed by atoms with E-state index < -0.39 is 5.60 Å². The summed E-state index contributed by atoms with van der Waals surface area (Å²) in [5.74, 6) is 0. The molecule has 1 saturated carbocycles. The molecule has 1 aromatic carbocycles. The largest absolute Gasteiger partial charge is 0.384 e. The molecule has 1 heterocycles. The van der Waals surface area contributed by atoms with Crippen molar-refractivity contribution in [1.29, 1.82) is 0 Å². The third kappa shape index (κ3) is 1.04. The van der Waals surface area contributed by atoms with Gasteiger partial charge in [-0.1, -0.05) is 24.3 Å². The lowest BCUT2D eigenvalue weighted by molar-refractivity contribution is 0.148. The molecule has 0 aliphatic heterocycles. The van der Waals surface area contributed by atoms with Gasteiger partial charge in [-0.3, -0.25) is 4.98 Å². The molecule has 1 aromatic heterocycles. The second-order valence-corrected chi connectivity index (χ2v) is 3.91. The summed E-state index contributed by atoms with van der Waals surface area (Å²) in [6.07, 6.45) is 3.45. The molecule has 1 aliphatic rings. The summed E-state index contributed by atoms with van der Waals surface area (Å²) in [5.41, 5.74) is 0.205. The molecule has 0 unspecified atom stereocenters. The van der Waals surface area contributed by atoms with E-state index in [0.29, 0.717) is 0 Å². The third-order valence-electron chi connectivity index (χ3n) is 2.84. The fraction of sp³-hybridized carbons (Fsp3) is 0.250. The Labute approximate surface area is 82.2 Å². The van der Waals surface area contributed by atoms with Crippen LogP contribution < -0.4 is 0 Å². The molecule has 0 radical (unpaired) electrons. The molecule has 2 aromatic rings. The predicted molar refractivity (Wildman–Crippen MR) is 54.9 cm³/mol. The number of aromatic nitrogens is 1. The van der Waals surface area contributed by atoms with Crippen molar-refractivity contribution in [3.8, 4) is 0 Å². The van der Waals surface area contributed by atoms with Gasteiger partial charge in [0.25, 0.3) is 0 Å². The monoisotopic (exact) mass is 185 g/mol. The van der Waals surface area contributed by atoms with Crippen LogP contribution in [0.5, 0.6) is 0 Å². The third-order valence-corrected chi connectivity index (χ3v) is 2.84. The second-order valence-electron chi connectivity index (χ2n) is 3.91. The maximum atomic E-state index is 10.0. The Morgan fingerprint density at radius 1 is 1.14 bits per heavy atom. The number of pyridine rings is 1. The zero-order valence-electron chi connectivity index (χ0n) is 7.77. The van der Waals surface area contributed by atoms with Gasteiger partial charge in [-0.2, -0.15) is 0 Å².